The third-order valence-corrected chi connectivity index (χ3v) is 6.06. The maximum Gasteiger partial charge on any atom is 0.245 e. The molecule has 1 aromatic rings. The van der Waals surface area contributed by atoms with Gasteiger partial charge in [0.25, 0.3) is 0 Å². The van der Waals surface area contributed by atoms with Crippen LogP contribution in [0.4, 0.5) is 0 Å². The van der Waals surface area contributed by atoms with Crippen molar-refractivity contribution in [1.29, 1.82) is 0 Å². The normalized spacial score (nSPS) is 28.9. The SMILES string of the molecule is COc1ccc(CN2C(=O)CCC2(C)C(=O)NC2CCC(C)CC2)cc1. The minimum Gasteiger partial charge on any atom is -0.497 e. The van der Waals surface area contributed by atoms with Gasteiger partial charge in [-0.15, -0.1) is 0 Å². The molecule has 1 saturated carbocycles. The zero-order valence-corrected chi connectivity index (χ0v) is 16.1. The molecule has 1 aliphatic heterocycles. The summed E-state index contributed by atoms with van der Waals surface area (Å²) in [7, 11) is 1.63. The fraction of sp³-hybridized carbons (Fsp3) is 0.619. The summed E-state index contributed by atoms with van der Waals surface area (Å²) in [6, 6.07) is 7.91. The van der Waals surface area contributed by atoms with Crippen LogP contribution in [0.2, 0.25) is 0 Å². The van der Waals surface area contributed by atoms with E-state index in [1.54, 1.807) is 12.0 Å². The van der Waals surface area contributed by atoms with E-state index in [0.29, 0.717) is 19.4 Å². The van der Waals surface area contributed by atoms with E-state index >= 15 is 0 Å². The van der Waals surface area contributed by atoms with Crippen molar-refractivity contribution >= 4 is 11.8 Å². The van der Waals surface area contributed by atoms with Gasteiger partial charge in [-0.2, -0.15) is 0 Å². The minimum atomic E-state index is -0.764. The summed E-state index contributed by atoms with van der Waals surface area (Å²) >= 11 is 0. The van der Waals surface area contributed by atoms with E-state index in [1.165, 1.54) is 0 Å². The lowest BCUT2D eigenvalue weighted by atomic mass is 9.86. The number of hydrogen-bond acceptors (Lipinski definition) is 3. The lowest BCUT2D eigenvalue weighted by molar-refractivity contribution is -0.141. The Kier molecular flexibility index (Phi) is 5.54. The van der Waals surface area contributed by atoms with E-state index in [9.17, 15) is 9.59 Å². The van der Waals surface area contributed by atoms with Crippen molar-refractivity contribution in [2.45, 2.75) is 70.5 Å². The lowest BCUT2D eigenvalue weighted by Gasteiger charge is -2.36. The van der Waals surface area contributed by atoms with Crippen LogP contribution in [0.5, 0.6) is 5.75 Å². The van der Waals surface area contributed by atoms with Gasteiger partial charge in [-0.3, -0.25) is 9.59 Å². The molecule has 1 aliphatic carbocycles. The third kappa shape index (κ3) is 3.87. The molecule has 5 nitrogen and oxygen atoms in total. The highest BCUT2D eigenvalue weighted by Crippen LogP contribution is 2.33. The van der Waals surface area contributed by atoms with Crippen molar-refractivity contribution in [2.24, 2.45) is 5.92 Å². The number of methoxy groups -OCH3 is 1. The van der Waals surface area contributed by atoms with Crippen LogP contribution in [-0.4, -0.2) is 35.4 Å². The Bertz CT molecular complexity index is 650. The van der Waals surface area contributed by atoms with Crippen molar-refractivity contribution in [3.8, 4) is 5.75 Å². The highest BCUT2D eigenvalue weighted by molar-refractivity contribution is 5.94. The van der Waals surface area contributed by atoms with Crippen LogP contribution in [0.15, 0.2) is 24.3 Å². The first-order valence-corrected chi connectivity index (χ1v) is 9.67. The summed E-state index contributed by atoms with van der Waals surface area (Å²) in [5.74, 6) is 1.58. The Morgan fingerprint density at radius 1 is 1.23 bits per heavy atom. The standard InChI is InChI=1S/C21H30N2O3/c1-15-4-8-17(9-5-15)22-20(25)21(2)13-12-19(24)23(21)14-16-6-10-18(26-3)11-7-16/h6-7,10-11,15,17H,4-5,8-9,12-14H2,1-3H3,(H,22,25). The van der Waals surface area contributed by atoms with Crippen molar-refractivity contribution in [3.05, 3.63) is 29.8 Å². The van der Waals surface area contributed by atoms with Gasteiger partial charge in [0.15, 0.2) is 0 Å². The van der Waals surface area contributed by atoms with Crippen LogP contribution in [0.1, 0.15) is 57.9 Å². The molecule has 0 aromatic heterocycles. The van der Waals surface area contributed by atoms with E-state index in [2.05, 4.69) is 12.2 Å². The number of likely N-dealkylation sites (tertiary alicyclic amines) is 1. The summed E-state index contributed by atoms with van der Waals surface area (Å²) in [5, 5.41) is 3.22. The minimum absolute atomic E-state index is 0.00332. The Morgan fingerprint density at radius 3 is 2.50 bits per heavy atom. The highest BCUT2D eigenvalue weighted by Gasteiger charge is 2.47. The van der Waals surface area contributed by atoms with Crippen LogP contribution >= 0.6 is 0 Å². The van der Waals surface area contributed by atoms with Gasteiger partial charge in [0.1, 0.15) is 11.3 Å². The molecule has 3 rings (SSSR count). The lowest BCUT2D eigenvalue weighted by Crippen LogP contribution is -2.56. The molecular weight excluding hydrogens is 328 g/mol. The van der Waals surface area contributed by atoms with E-state index in [4.69, 9.17) is 4.74 Å². The summed E-state index contributed by atoms with van der Waals surface area (Å²) in [6.07, 6.45) is 5.41. The van der Waals surface area contributed by atoms with Crippen LogP contribution in [0.25, 0.3) is 0 Å². The Morgan fingerprint density at radius 2 is 1.88 bits per heavy atom. The smallest absolute Gasteiger partial charge is 0.245 e. The molecule has 2 fully saturated rings. The average Bonchev–Trinajstić information content (AvgIpc) is 2.94. The van der Waals surface area contributed by atoms with Gasteiger partial charge in [0, 0.05) is 19.0 Å². The highest BCUT2D eigenvalue weighted by atomic mass is 16.5. The van der Waals surface area contributed by atoms with E-state index in [1.807, 2.05) is 31.2 Å². The summed E-state index contributed by atoms with van der Waals surface area (Å²) in [6.45, 7) is 4.63. The molecule has 0 bridgehead atoms. The number of nitrogens with zero attached hydrogens (tertiary/aromatic N) is 1. The van der Waals surface area contributed by atoms with Gasteiger partial charge >= 0.3 is 0 Å². The molecule has 1 N–H and O–H groups in total. The second kappa shape index (κ2) is 7.68. The number of amides is 2. The second-order valence-electron chi connectivity index (χ2n) is 8.03. The topological polar surface area (TPSA) is 58.6 Å². The van der Waals surface area contributed by atoms with Crippen molar-refractivity contribution in [1.82, 2.24) is 10.2 Å². The number of hydrogen-bond donors (Lipinski definition) is 1. The van der Waals surface area contributed by atoms with Crippen molar-refractivity contribution < 1.29 is 14.3 Å². The first kappa shape index (κ1) is 18.7. The van der Waals surface area contributed by atoms with E-state index in [-0.39, 0.29) is 17.9 Å². The zero-order chi connectivity index (χ0) is 18.7. The number of carbonyl (C=O) groups is 2. The van der Waals surface area contributed by atoms with E-state index < -0.39 is 5.54 Å². The Balaban J connectivity index is 1.69. The molecule has 2 amide bonds. The molecule has 142 valence electrons. The Hall–Kier alpha value is -2.04. The predicted octanol–water partition coefficient (Wildman–Crippen LogP) is 3.27. The van der Waals surface area contributed by atoms with Gasteiger partial charge in [0.05, 0.1) is 7.11 Å². The van der Waals surface area contributed by atoms with Crippen LogP contribution in [0, 0.1) is 5.92 Å². The fourth-order valence-corrected chi connectivity index (χ4v) is 4.05. The fourth-order valence-electron chi connectivity index (χ4n) is 4.05. The number of benzene rings is 1. The summed E-state index contributed by atoms with van der Waals surface area (Å²) < 4.78 is 5.19. The first-order chi connectivity index (χ1) is 12.4. The van der Waals surface area contributed by atoms with Crippen molar-refractivity contribution in [3.63, 3.8) is 0 Å². The Labute approximate surface area is 156 Å². The maximum atomic E-state index is 13.0. The predicted molar refractivity (Wildman–Crippen MR) is 101 cm³/mol. The molecular formula is C21H30N2O3. The van der Waals surface area contributed by atoms with Crippen molar-refractivity contribution in [2.75, 3.05) is 7.11 Å². The van der Waals surface area contributed by atoms with Gasteiger partial charge in [-0.25, -0.2) is 0 Å². The monoisotopic (exact) mass is 358 g/mol. The molecule has 0 spiro atoms. The van der Waals surface area contributed by atoms with E-state index in [0.717, 1.165) is 42.9 Å². The number of rotatable bonds is 5. The van der Waals surface area contributed by atoms with Gasteiger partial charge in [-0.05, 0) is 62.6 Å². The molecule has 1 aromatic carbocycles. The number of carbonyl (C=O) groups excluding carboxylic acids is 2. The van der Waals surface area contributed by atoms with Gasteiger partial charge < -0.3 is 15.0 Å². The second-order valence-corrected chi connectivity index (χ2v) is 8.03. The molecule has 1 unspecified atom stereocenters. The molecule has 0 radical (unpaired) electrons. The molecule has 5 heteroatoms. The summed E-state index contributed by atoms with van der Waals surface area (Å²) in [4.78, 5) is 27.3. The maximum absolute atomic E-state index is 13.0. The molecule has 1 heterocycles. The zero-order valence-electron chi connectivity index (χ0n) is 16.1. The largest absolute Gasteiger partial charge is 0.497 e. The first-order valence-electron chi connectivity index (χ1n) is 9.67. The van der Waals surface area contributed by atoms with Crippen LogP contribution in [-0.2, 0) is 16.1 Å². The molecule has 1 atom stereocenters. The molecule has 2 aliphatic rings. The molecule has 26 heavy (non-hydrogen) atoms. The average molecular weight is 358 g/mol. The number of nitrogens with one attached hydrogen (secondary N) is 1. The third-order valence-electron chi connectivity index (χ3n) is 6.06. The number of ether oxygens (including phenoxy) is 1. The van der Waals surface area contributed by atoms with Gasteiger partial charge in [-0.1, -0.05) is 19.1 Å². The van der Waals surface area contributed by atoms with Crippen LogP contribution < -0.4 is 10.1 Å². The summed E-state index contributed by atoms with van der Waals surface area (Å²) in [5.41, 5.74) is 0.242. The van der Waals surface area contributed by atoms with Crippen LogP contribution in [0.3, 0.4) is 0 Å². The molecule has 1 saturated heterocycles. The quantitative estimate of drug-likeness (QED) is 0.879. The van der Waals surface area contributed by atoms with Gasteiger partial charge in [0.2, 0.25) is 11.8 Å².